The molecule has 0 unspecified atom stereocenters. The number of pyridine rings is 1. The summed E-state index contributed by atoms with van der Waals surface area (Å²) in [4.78, 5) is 15.8. The van der Waals surface area contributed by atoms with Crippen LogP contribution in [0.25, 0.3) is 11.3 Å². The van der Waals surface area contributed by atoms with Crippen LogP contribution in [0.3, 0.4) is 0 Å². The van der Waals surface area contributed by atoms with E-state index in [0.717, 1.165) is 0 Å². The Balaban J connectivity index is 2.66. The average molecular weight is 332 g/mol. The predicted octanol–water partition coefficient (Wildman–Crippen LogP) is 4.08. The molecule has 4 nitrogen and oxygen atoms in total. The van der Waals surface area contributed by atoms with Gasteiger partial charge in [0.25, 0.3) is 0 Å². The molecule has 7 heteroatoms. The van der Waals surface area contributed by atoms with Gasteiger partial charge in [-0.15, -0.1) is 0 Å². The standard InChI is InChI=1S/C13H9Cl3N2O2/c1-20-13(19)6-4-10(18-5-9(6)17)11-7(14)2-3-8(15)12(11)16/h2-5H,17H2,1H3. The number of carbonyl (C=O) groups excluding carboxylic acids is 1. The Kier molecular flexibility index (Phi) is 4.38. The van der Waals surface area contributed by atoms with E-state index in [4.69, 9.17) is 40.5 Å². The number of benzene rings is 1. The van der Waals surface area contributed by atoms with Crippen LogP contribution >= 0.6 is 34.8 Å². The highest BCUT2D eigenvalue weighted by Gasteiger charge is 2.17. The zero-order valence-electron chi connectivity index (χ0n) is 10.3. The molecular formula is C13H9Cl3N2O2. The lowest BCUT2D eigenvalue weighted by atomic mass is 10.1. The van der Waals surface area contributed by atoms with E-state index >= 15 is 0 Å². The number of rotatable bonds is 2. The van der Waals surface area contributed by atoms with Crippen molar-refractivity contribution in [3.8, 4) is 11.3 Å². The normalized spacial score (nSPS) is 10.4. The van der Waals surface area contributed by atoms with Gasteiger partial charge in [0, 0.05) is 5.56 Å². The van der Waals surface area contributed by atoms with E-state index in [1.807, 2.05) is 0 Å². The first-order valence-corrected chi connectivity index (χ1v) is 6.56. The number of halogens is 3. The lowest BCUT2D eigenvalue weighted by Crippen LogP contribution is -2.06. The summed E-state index contributed by atoms with van der Waals surface area (Å²) in [7, 11) is 1.27. The van der Waals surface area contributed by atoms with Crippen molar-refractivity contribution in [2.24, 2.45) is 0 Å². The van der Waals surface area contributed by atoms with Crippen molar-refractivity contribution in [1.82, 2.24) is 4.98 Å². The zero-order chi connectivity index (χ0) is 14.9. The predicted molar refractivity (Wildman–Crippen MR) is 80.5 cm³/mol. The second-order valence-corrected chi connectivity index (χ2v) is 5.06. The Labute approximate surface area is 130 Å². The Morgan fingerprint density at radius 1 is 1.25 bits per heavy atom. The number of ether oxygens (including phenoxy) is 1. The van der Waals surface area contributed by atoms with Crippen molar-refractivity contribution in [2.75, 3.05) is 12.8 Å². The molecule has 0 bridgehead atoms. The lowest BCUT2D eigenvalue weighted by Gasteiger charge is -2.10. The fourth-order valence-corrected chi connectivity index (χ4v) is 2.37. The molecule has 0 radical (unpaired) electrons. The number of methoxy groups -OCH3 is 1. The largest absolute Gasteiger partial charge is 0.465 e. The van der Waals surface area contributed by atoms with Crippen LogP contribution < -0.4 is 5.73 Å². The molecule has 0 saturated heterocycles. The molecule has 20 heavy (non-hydrogen) atoms. The molecule has 0 aliphatic heterocycles. The van der Waals surface area contributed by atoms with Crippen LogP contribution in [0.5, 0.6) is 0 Å². The van der Waals surface area contributed by atoms with Gasteiger partial charge >= 0.3 is 5.97 Å². The number of nitrogens with two attached hydrogens (primary N) is 1. The molecule has 0 atom stereocenters. The van der Waals surface area contributed by atoms with E-state index in [9.17, 15) is 4.79 Å². The smallest absolute Gasteiger partial charge is 0.340 e. The number of anilines is 1. The van der Waals surface area contributed by atoms with Gasteiger partial charge in [0.05, 0.1) is 45.3 Å². The summed E-state index contributed by atoms with van der Waals surface area (Å²) in [5.41, 5.74) is 6.91. The molecule has 2 aromatic rings. The van der Waals surface area contributed by atoms with Crippen molar-refractivity contribution in [3.63, 3.8) is 0 Å². The van der Waals surface area contributed by atoms with Crippen LogP contribution in [0.2, 0.25) is 15.1 Å². The number of hydrogen-bond donors (Lipinski definition) is 1. The van der Waals surface area contributed by atoms with Crippen LogP contribution in [0, 0.1) is 0 Å². The summed E-state index contributed by atoms with van der Waals surface area (Å²) in [6, 6.07) is 4.64. The summed E-state index contributed by atoms with van der Waals surface area (Å²) < 4.78 is 4.65. The van der Waals surface area contributed by atoms with Gasteiger partial charge in [-0.3, -0.25) is 4.98 Å². The van der Waals surface area contributed by atoms with Crippen molar-refractivity contribution in [2.45, 2.75) is 0 Å². The molecule has 2 rings (SSSR count). The van der Waals surface area contributed by atoms with Gasteiger partial charge in [0.2, 0.25) is 0 Å². The fraction of sp³-hybridized carbons (Fsp3) is 0.0769. The van der Waals surface area contributed by atoms with Crippen LogP contribution in [0.4, 0.5) is 5.69 Å². The third kappa shape index (κ3) is 2.68. The Bertz CT molecular complexity index is 690. The third-order valence-corrected chi connectivity index (χ3v) is 3.76. The lowest BCUT2D eigenvalue weighted by molar-refractivity contribution is 0.0602. The molecule has 1 aromatic carbocycles. The van der Waals surface area contributed by atoms with Gasteiger partial charge in [-0.2, -0.15) is 0 Å². The summed E-state index contributed by atoms with van der Waals surface area (Å²) in [5, 5.41) is 0.962. The summed E-state index contributed by atoms with van der Waals surface area (Å²) >= 11 is 18.2. The minimum atomic E-state index is -0.569. The van der Waals surface area contributed by atoms with Crippen molar-refractivity contribution in [1.29, 1.82) is 0 Å². The maximum absolute atomic E-state index is 11.6. The Morgan fingerprint density at radius 2 is 1.90 bits per heavy atom. The number of esters is 1. The molecule has 0 amide bonds. The van der Waals surface area contributed by atoms with E-state index < -0.39 is 5.97 Å². The highest BCUT2D eigenvalue weighted by atomic mass is 35.5. The fourth-order valence-electron chi connectivity index (χ4n) is 1.65. The Hall–Kier alpha value is -1.49. The third-order valence-electron chi connectivity index (χ3n) is 2.64. The van der Waals surface area contributed by atoms with Gasteiger partial charge in [-0.05, 0) is 18.2 Å². The van der Waals surface area contributed by atoms with Crippen molar-refractivity contribution >= 4 is 46.5 Å². The molecule has 1 aromatic heterocycles. The highest BCUT2D eigenvalue weighted by molar-refractivity contribution is 6.46. The van der Waals surface area contributed by atoms with Gasteiger partial charge in [0.15, 0.2) is 0 Å². The van der Waals surface area contributed by atoms with Crippen molar-refractivity contribution in [3.05, 3.63) is 45.0 Å². The highest BCUT2D eigenvalue weighted by Crippen LogP contribution is 2.38. The number of nitrogen functional groups attached to an aromatic ring is 1. The minimum Gasteiger partial charge on any atom is -0.465 e. The second-order valence-electron chi connectivity index (χ2n) is 3.87. The number of aromatic nitrogens is 1. The van der Waals surface area contributed by atoms with E-state index in [-0.39, 0.29) is 16.3 Å². The number of nitrogens with zero attached hydrogens (tertiary/aromatic N) is 1. The molecule has 0 saturated carbocycles. The minimum absolute atomic E-state index is 0.185. The number of hydrogen-bond acceptors (Lipinski definition) is 4. The Morgan fingerprint density at radius 3 is 2.55 bits per heavy atom. The van der Waals surface area contributed by atoms with E-state index in [1.165, 1.54) is 19.4 Å². The maximum atomic E-state index is 11.6. The zero-order valence-corrected chi connectivity index (χ0v) is 12.6. The molecule has 2 N–H and O–H groups in total. The maximum Gasteiger partial charge on any atom is 0.340 e. The molecule has 1 heterocycles. The van der Waals surface area contributed by atoms with Gasteiger partial charge in [0.1, 0.15) is 0 Å². The van der Waals surface area contributed by atoms with Crippen LogP contribution in [0.1, 0.15) is 10.4 Å². The summed E-state index contributed by atoms with van der Waals surface area (Å²) in [6.07, 6.45) is 1.34. The van der Waals surface area contributed by atoms with E-state index in [1.54, 1.807) is 12.1 Å². The van der Waals surface area contributed by atoms with Crippen LogP contribution in [-0.4, -0.2) is 18.1 Å². The monoisotopic (exact) mass is 330 g/mol. The summed E-state index contributed by atoms with van der Waals surface area (Å²) in [6.45, 7) is 0. The average Bonchev–Trinajstić information content (AvgIpc) is 2.44. The number of carbonyl (C=O) groups is 1. The van der Waals surface area contributed by atoms with Gasteiger partial charge < -0.3 is 10.5 Å². The molecule has 0 aliphatic rings. The van der Waals surface area contributed by atoms with E-state index in [2.05, 4.69) is 9.72 Å². The molecule has 0 spiro atoms. The topological polar surface area (TPSA) is 65.2 Å². The van der Waals surface area contributed by atoms with Gasteiger partial charge in [-0.1, -0.05) is 34.8 Å². The molecular weight excluding hydrogens is 323 g/mol. The van der Waals surface area contributed by atoms with Crippen molar-refractivity contribution < 1.29 is 9.53 Å². The first kappa shape index (κ1) is 14.9. The first-order valence-electron chi connectivity index (χ1n) is 5.43. The quantitative estimate of drug-likeness (QED) is 0.665. The summed E-state index contributed by atoms with van der Waals surface area (Å²) in [5.74, 6) is -0.569. The SMILES string of the molecule is COC(=O)c1cc(-c2c(Cl)ccc(Cl)c2Cl)ncc1N. The second kappa shape index (κ2) is 5.87. The van der Waals surface area contributed by atoms with Gasteiger partial charge in [-0.25, -0.2) is 4.79 Å². The molecule has 0 fully saturated rings. The molecule has 104 valence electrons. The first-order chi connectivity index (χ1) is 9.45. The van der Waals surface area contributed by atoms with Crippen LogP contribution in [0.15, 0.2) is 24.4 Å². The van der Waals surface area contributed by atoms with Crippen LogP contribution in [-0.2, 0) is 4.74 Å². The molecule has 0 aliphatic carbocycles. The van der Waals surface area contributed by atoms with E-state index in [0.29, 0.717) is 21.3 Å².